The smallest absolute Gasteiger partial charge is 0.336 e. The Hall–Kier alpha value is -2.46. The minimum absolute atomic E-state index is 0.103. The molecule has 0 bridgehead atoms. The highest BCUT2D eigenvalue weighted by Crippen LogP contribution is 2.27. The molecule has 1 saturated heterocycles. The monoisotopic (exact) mass is 351 g/mol. The van der Waals surface area contributed by atoms with Crippen LogP contribution < -0.4 is 15.5 Å². The van der Waals surface area contributed by atoms with Gasteiger partial charge in [-0.3, -0.25) is 0 Å². The lowest BCUT2D eigenvalue weighted by molar-refractivity contribution is -0.342. The summed E-state index contributed by atoms with van der Waals surface area (Å²) in [5, 5.41) is 40.9. The Kier molecular flexibility index (Phi) is 4.48. The van der Waals surface area contributed by atoms with Crippen LogP contribution >= 0.6 is 0 Å². The number of aryl methyl sites for hydroxylation is 1. The van der Waals surface area contributed by atoms with E-state index in [2.05, 4.69) is 0 Å². The lowest BCUT2D eigenvalue weighted by Gasteiger charge is -2.40. The van der Waals surface area contributed by atoms with E-state index in [0.29, 0.717) is 10.9 Å². The molecule has 9 heteroatoms. The molecule has 9 nitrogen and oxygen atoms in total. The fourth-order valence-electron chi connectivity index (χ4n) is 2.65. The van der Waals surface area contributed by atoms with Gasteiger partial charge in [0.25, 0.3) is 0 Å². The maximum atomic E-state index is 11.4. The maximum absolute atomic E-state index is 11.4. The molecule has 0 saturated carbocycles. The Labute approximate surface area is 140 Å². The lowest BCUT2D eigenvalue weighted by Crippen LogP contribution is -2.63. The summed E-state index contributed by atoms with van der Waals surface area (Å²) in [4.78, 5) is 22.4. The van der Waals surface area contributed by atoms with Gasteiger partial charge in [0.2, 0.25) is 6.29 Å². The SMILES string of the molecule is Cc1cc(=O)oc2cc(O[C@@H]3O[C@@H](C(=O)[O-])[C@@H](O)[C@@H](O)[C@@H]3O)ccc12. The predicted octanol–water partition coefficient (Wildman–Crippen LogP) is -1.96. The first-order valence-corrected chi connectivity index (χ1v) is 7.39. The Morgan fingerprint density at radius 2 is 1.88 bits per heavy atom. The second-order valence-electron chi connectivity index (χ2n) is 5.74. The van der Waals surface area contributed by atoms with E-state index in [1.807, 2.05) is 0 Å². The van der Waals surface area contributed by atoms with Crippen LogP contribution in [0.3, 0.4) is 0 Å². The van der Waals surface area contributed by atoms with Crippen molar-refractivity contribution in [3.05, 3.63) is 40.2 Å². The Morgan fingerprint density at radius 1 is 1.16 bits per heavy atom. The number of carboxylic acid groups (broad SMARTS) is 1. The number of fused-ring (bicyclic) bond motifs is 1. The second kappa shape index (κ2) is 6.45. The van der Waals surface area contributed by atoms with Crippen LogP contribution in [0.4, 0.5) is 0 Å². The van der Waals surface area contributed by atoms with Gasteiger partial charge < -0.3 is 39.1 Å². The molecule has 2 heterocycles. The first kappa shape index (κ1) is 17.4. The molecule has 25 heavy (non-hydrogen) atoms. The topological polar surface area (TPSA) is 149 Å². The number of ether oxygens (including phenoxy) is 2. The van der Waals surface area contributed by atoms with E-state index in [1.165, 1.54) is 18.2 Å². The molecule has 0 unspecified atom stereocenters. The lowest BCUT2D eigenvalue weighted by atomic mass is 9.99. The van der Waals surface area contributed by atoms with Crippen molar-refractivity contribution in [2.75, 3.05) is 0 Å². The summed E-state index contributed by atoms with van der Waals surface area (Å²) < 4.78 is 15.4. The summed E-state index contributed by atoms with van der Waals surface area (Å²) in [6.45, 7) is 1.73. The van der Waals surface area contributed by atoms with Gasteiger partial charge in [-0.15, -0.1) is 0 Å². The summed E-state index contributed by atoms with van der Waals surface area (Å²) in [5.74, 6) is -1.65. The van der Waals surface area contributed by atoms with E-state index in [9.17, 15) is 30.0 Å². The van der Waals surface area contributed by atoms with Crippen LogP contribution in [-0.2, 0) is 9.53 Å². The van der Waals surface area contributed by atoms with Gasteiger partial charge in [-0.1, -0.05) is 0 Å². The first-order valence-electron chi connectivity index (χ1n) is 7.39. The van der Waals surface area contributed by atoms with Gasteiger partial charge >= 0.3 is 5.63 Å². The fraction of sp³-hybridized carbons (Fsp3) is 0.375. The third kappa shape index (κ3) is 3.22. The summed E-state index contributed by atoms with van der Waals surface area (Å²) in [5.41, 5.74) is 0.374. The highest BCUT2D eigenvalue weighted by Gasteiger charge is 2.45. The molecule has 0 aliphatic carbocycles. The van der Waals surface area contributed by atoms with Crippen molar-refractivity contribution >= 4 is 16.9 Å². The number of aliphatic carboxylic acids is 1. The van der Waals surface area contributed by atoms with Crippen molar-refractivity contribution < 1.29 is 39.1 Å². The third-order valence-corrected chi connectivity index (χ3v) is 3.98. The Bertz CT molecular complexity index is 858. The molecule has 0 amide bonds. The van der Waals surface area contributed by atoms with Gasteiger partial charge in [0.1, 0.15) is 35.7 Å². The predicted molar refractivity (Wildman–Crippen MR) is 79.5 cm³/mol. The molecule has 2 aromatic rings. The number of aliphatic hydroxyl groups excluding tert-OH is 3. The van der Waals surface area contributed by atoms with E-state index in [0.717, 1.165) is 0 Å². The molecule has 1 aliphatic rings. The second-order valence-corrected chi connectivity index (χ2v) is 5.74. The van der Waals surface area contributed by atoms with Crippen molar-refractivity contribution in [2.45, 2.75) is 37.6 Å². The summed E-state index contributed by atoms with van der Waals surface area (Å²) >= 11 is 0. The molecular formula is C16H15O9-. The fourth-order valence-corrected chi connectivity index (χ4v) is 2.65. The maximum Gasteiger partial charge on any atom is 0.336 e. The number of hydrogen-bond donors (Lipinski definition) is 3. The largest absolute Gasteiger partial charge is 0.547 e. The van der Waals surface area contributed by atoms with E-state index in [-0.39, 0.29) is 11.3 Å². The van der Waals surface area contributed by atoms with Gasteiger partial charge in [-0.2, -0.15) is 0 Å². The van der Waals surface area contributed by atoms with Crippen LogP contribution in [0.15, 0.2) is 33.5 Å². The van der Waals surface area contributed by atoms with Crippen LogP contribution in [0, 0.1) is 6.92 Å². The number of carbonyl (C=O) groups is 1. The Balaban J connectivity index is 1.89. The molecular weight excluding hydrogens is 336 g/mol. The first-order chi connectivity index (χ1) is 11.8. The molecule has 1 fully saturated rings. The van der Waals surface area contributed by atoms with E-state index in [4.69, 9.17) is 13.9 Å². The molecule has 134 valence electrons. The quantitative estimate of drug-likeness (QED) is 0.536. The molecule has 3 N–H and O–H groups in total. The minimum atomic E-state index is -1.87. The van der Waals surface area contributed by atoms with Crippen LogP contribution in [-0.4, -0.2) is 52.0 Å². The van der Waals surface area contributed by atoms with Gasteiger partial charge in [-0.25, -0.2) is 4.79 Å². The van der Waals surface area contributed by atoms with Crippen molar-refractivity contribution in [3.63, 3.8) is 0 Å². The zero-order valence-electron chi connectivity index (χ0n) is 13.0. The number of aliphatic hydroxyl groups is 3. The number of hydrogen-bond acceptors (Lipinski definition) is 9. The molecule has 1 aromatic heterocycles. The van der Waals surface area contributed by atoms with Crippen LogP contribution in [0.1, 0.15) is 5.56 Å². The zero-order chi connectivity index (χ0) is 18.3. The van der Waals surface area contributed by atoms with Crippen LogP contribution in [0.2, 0.25) is 0 Å². The zero-order valence-corrected chi connectivity index (χ0v) is 13.0. The average molecular weight is 351 g/mol. The third-order valence-electron chi connectivity index (χ3n) is 3.98. The minimum Gasteiger partial charge on any atom is -0.547 e. The van der Waals surface area contributed by atoms with Crippen molar-refractivity contribution in [1.82, 2.24) is 0 Å². The van der Waals surface area contributed by atoms with Crippen LogP contribution in [0.5, 0.6) is 5.75 Å². The van der Waals surface area contributed by atoms with Crippen molar-refractivity contribution in [2.24, 2.45) is 0 Å². The average Bonchev–Trinajstić information content (AvgIpc) is 2.54. The van der Waals surface area contributed by atoms with Gasteiger partial charge in [0.15, 0.2) is 0 Å². The molecule has 3 rings (SSSR count). The van der Waals surface area contributed by atoms with Crippen molar-refractivity contribution in [1.29, 1.82) is 0 Å². The number of carbonyl (C=O) groups excluding carboxylic acids is 1. The highest BCUT2D eigenvalue weighted by molar-refractivity contribution is 5.81. The van der Waals surface area contributed by atoms with Crippen molar-refractivity contribution in [3.8, 4) is 5.75 Å². The molecule has 1 aromatic carbocycles. The number of carboxylic acids is 1. The molecule has 1 aliphatic heterocycles. The number of rotatable bonds is 3. The van der Waals surface area contributed by atoms with E-state index >= 15 is 0 Å². The van der Waals surface area contributed by atoms with E-state index < -0.39 is 42.3 Å². The van der Waals surface area contributed by atoms with Gasteiger partial charge in [0.05, 0.1) is 5.97 Å². The molecule has 5 atom stereocenters. The van der Waals surface area contributed by atoms with Crippen LogP contribution in [0.25, 0.3) is 11.0 Å². The normalized spacial score (nSPS) is 29.5. The van der Waals surface area contributed by atoms with E-state index in [1.54, 1.807) is 13.0 Å². The standard InChI is InChI=1S/C16H16O9/c1-6-4-10(17)24-9-5-7(2-3-8(6)9)23-16-13(20)11(18)12(19)14(25-16)15(21)22/h2-5,11-14,16,18-20H,1H3,(H,21,22)/p-1/t11-,12+,13+,14-,16-/m1/s1. The summed E-state index contributed by atoms with van der Waals surface area (Å²) in [6, 6.07) is 5.81. The molecule has 0 radical (unpaired) electrons. The summed E-state index contributed by atoms with van der Waals surface area (Å²) in [7, 11) is 0. The Morgan fingerprint density at radius 3 is 2.56 bits per heavy atom. The highest BCUT2D eigenvalue weighted by atomic mass is 16.7. The van der Waals surface area contributed by atoms with Gasteiger partial charge in [-0.05, 0) is 24.6 Å². The van der Waals surface area contributed by atoms with Gasteiger partial charge in [0, 0.05) is 17.5 Å². The summed E-state index contributed by atoms with van der Waals surface area (Å²) in [6.07, 6.45) is -8.82. The molecule has 0 spiro atoms. The number of benzene rings is 1.